The van der Waals surface area contributed by atoms with Crippen LogP contribution in [0.25, 0.3) is 0 Å². The zero-order chi connectivity index (χ0) is 34.0. The second-order valence-corrected chi connectivity index (χ2v) is 16.8. The van der Waals surface area contributed by atoms with Crippen molar-refractivity contribution in [3.05, 3.63) is 142 Å². The molecule has 1 spiro atoms. The molecule has 4 aliphatic rings. The molecule has 256 valence electrons. The van der Waals surface area contributed by atoms with E-state index in [1.807, 2.05) is 0 Å². The number of aryl methyl sites for hydroxylation is 4. The maximum atomic E-state index is 7.70. The molecule has 0 bridgehead atoms. The highest BCUT2D eigenvalue weighted by molar-refractivity contribution is 7.81. The highest BCUT2D eigenvalue weighted by Gasteiger charge is 2.68. The molecule has 0 radical (unpaired) electrons. The molecule has 2 heterocycles. The van der Waals surface area contributed by atoms with Crippen molar-refractivity contribution in [2.24, 2.45) is 11.8 Å². The first-order chi connectivity index (χ1) is 23.6. The quantitative estimate of drug-likeness (QED) is 0.156. The third kappa shape index (κ3) is 5.83. The van der Waals surface area contributed by atoms with E-state index in [9.17, 15) is 0 Å². The number of thiol groups is 2. The Morgan fingerprint density at radius 3 is 1.27 bits per heavy atom. The number of rotatable bonds is 6. The highest BCUT2D eigenvalue weighted by atomic mass is 32.1. The van der Waals surface area contributed by atoms with Gasteiger partial charge >= 0.3 is 6.96 Å². The van der Waals surface area contributed by atoms with Crippen molar-refractivity contribution in [2.75, 3.05) is 0 Å². The van der Waals surface area contributed by atoms with Gasteiger partial charge in [0.05, 0.1) is 23.4 Å². The summed E-state index contributed by atoms with van der Waals surface area (Å²) in [5.74, 6) is 0.297. The number of hydrogen-bond acceptors (Lipinski definition) is 6. The Kier molecular flexibility index (Phi) is 8.86. The van der Waals surface area contributed by atoms with Gasteiger partial charge in [-0.2, -0.15) is 25.3 Å². The predicted molar refractivity (Wildman–Crippen MR) is 204 cm³/mol. The molecule has 4 fully saturated rings. The van der Waals surface area contributed by atoms with Gasteiger partial charge in [-0.05, 0) is 100 Å². The van der Waals surface area contributed by atoms with Gasteiger partial charge in [0, 0.05) is 10.5 Å². The van der Waals surface area contributed by atoms with E-state index in [0.717, 1.165) is 60.8 Å². The van der Waals surface area contributed by atoms with E-state index in [1.54, 1.807) is 0 Å². The molecule has 8 unspecified atom stereocenters. The fourth-order valence-corrected chi connectivity index (χ4v) is 10.4. The maximum Gasteiger partial charge on any atom is 0.533 e. The summed E-state index contributed by atoms with van der Waals surface area (Å²) in [6, 6.07) is 34.9. The molecule has 4 nitrogen and oxygen atoms in total. The van der Waals surface area contributed by atoms with Crippen LogP contribution in [0.1, 0.15) is 95.2 Å². The van der Waals surface area contributed by atoms with Crippen LogP contribution in [0.3, 0.4) is 0 Å². The Balaban J connectivity index is 1.37. The van der Waals surface area contributed by atoms with E-state index in [1.165, 1.54) is 22.3 Å². The standard InChI is InChI=1S/C42H48BO4S2/c1-27-9-5-13-31(21-27)39-41(35-17-19-37(48)25-35,33-15-7-11-29(3)23-33)46-43(44-39)45-40(32-14-6-10-28(2)22-32)42(47-43,36-18-20-38(49)26-36)34-16-8-12-30(4)24-34/h5-16,21-24,35-40,48-49H,17-20,25-26H2,1-4H3/q-1. The maximum absolute atomic E-state index is 7.70. The zero-order valence-electron chi connectivity index (χ0n) is 29.0. The van der Waals surface area contributed by atoms with E-state index >= 15 is 0 Å². The molecule has 2 aliphatic carbocycles. The van der Waals surface area contributed by atoms with Crippen molar-refractivity contribution in [1.29, 1.82) is 0 Å². The van der Waals surface area contributed by atoms with Crippen molar-refractivity contribution >= 4 is 32.2 Å². The lowest BCUT2D eigenvalue weighted by Gasteiger charge is -2.45. The summed E-state index contributed by atoms with van der Waals surface area (Å²) in [5, 5.41) is 0.584. The first-order valence-electron chi connectivity index (χ1n) is 18.1. The first kappa shape index (κ1) is 33.6. The molecule has 2 saturated carbocycles. The molecule has 4 aromatic rings. The third-order valence-corrected chi connectivity index (χ3v) is 12.7. The average molecular weight is 692 g/mol. The van der Waals surface area contributed by atoms with E-state index in [-0.39, 0.29) is 11.8 Å². The van der Waals surface area contributed by atoms with Crippen molar-refractivity contribution in [2.45, 2.75) is 100 Å². The van der Waals surface area contributed by atoms with Gasteiger partial charge in [-0.25, -0.2) is 0 Å². The Labute approximate surface area is 303 Å². The van der Waals surface area contributed by atoms with Crippen LogP contribution in [0.5, 0.6) is 0 Å². The van der Waals surface area contributed by atoms with Crippen molar-refractivity contribution in [3.8, 4) is 0 Å². The summed E-state index contributed by atoms with van der Waals surface area (Å²) in [5.41, 5.74) is 7.39. The topological polar surface area (TPSA) is 36.9 Å². The lowest BCUT2D eigenvalue weighted by atomic mass is 9.73. The van der Waals surface area contributed by atoms with Gasteiger partial charge in [0.2, 0.25) is 0 Å². The molecule has 0 N–H and O–H groups in total. The van der Waals surface area contributed by atoms with E-state index in [2.05, 4.69) is 125 Å². The summed E-state index contributed by atoms with van der Waals surface area (Å²) in [7, 11) is 0. The molecule has 0 aromatic heterocycles. The molecule has 2 saturated heterocycles. The van der Waals surface area contributed by atoms with Gasteiger partial charge < -0.3 is 18.6 Å². The van der Waals surface area contributed by atoms with E-state index < -0.39 is 30.4 Å². The molecule has 8 rings (SSSR count). The molecular formula is C42H48BO4S2-. The number of hydrogen-bond donors (Lipinski definition) is 2. The minimum absolute atomic E-state index is 0.149. The summed E-state index contributed by atoms with van der Waals surface area (Å²) in [4.78, 5) is 0. The second kappa shape index (κ2) is 12.9. The fraction of sp³-hybridized carbons (Fsp3) is 0.429. The van der Waals surface area contributed by atoms with Crippen LogP contribution in [0.4, 0.5) is 0 Å². The van der Waals surface area contributed by atoms with Gasteiger partial charge in [-0.3, -0.25) is 0 Å². The second-order valence-electron chi connectivity index (χ2n) is 15.3. The third-order valence-electron chi connectivity index (χ3n) is 11.7. The molecule has 7 heteroatoms. The van der Waals surface area contributed by atoms with Crippen LogP contribution >= 0.6 is 25.3 Å². The first-order valence-corrected chi connectivity index (χ1v) is 19.2. The lowest BCUT2D eigenvalue weighted by molar-refractivity contribution is -0.0524. The number of benzene rings is 4. The molecule has 49 heavy (non-hydrogen) atoms. The van der Waals surface area contributed by atoms with Crippen LogP contribution in [0.15, 0.2) is 97.1 Å². The van der Waals surface area contributed by atoms with Crippen LogP contribution in [-0.4, -0.2) is 17.5 Å². The van der Waals surface area contributed by atoms with Crippen LogP contribution in [0.2, 0.25) is 0 Å². The van der Waals surface area contributed by atoms with Crippen LogP contribution in [-0.2, 0) is 29.8 Å². The summed E-state index contributed by atoms with van der Waals surface area (Å²) < 4.78 is 30.3. The van der Waals surface area contributed by atoms with Gasteiger partial charge in [-0.1, -0.05) is 119 Å². The Bertz CT molecular complexity index is 1720. The normalized spacial score (nSPS) is 35.8. The van der Waals surface area contributed by atoms with E-state index in [0.29, 0.717) is 10.5 Å². The van der Waals surface area contributed by atoms with Gasteiger partial charge in [0.15, 0.2) is 0 Å². The smallest absolute Gasteiger partial charge is 0.510 e. The summed E-state index contributed by atoms with van der Waals surface area (Å²) in [6.07, 6.45) is 4.94. The molecule has 0 amide bonds. The van der Waals surface area contributed by atoms with Gasteiger partial charge in [0.1, 0.15) is 0 Å². The SMILES string of the molecule is Cc1cccc(C2O[B-]3(OC(c4cccc(C)c4)C(c4cccc(C)c4)(C4CCC(S)C4)O3)OC2(c2cccc(C)c2)C2CCC(S)C2)c1. The van der Waals surface area contributed by atoms with E-state index in [4.69, 9.17) is 43.9 Å². The zero-order valence-corrected chi connectivity index (χ0v) is 30.8. The molecule has 4 aromatic carbocycles. The Morgan fingerprint density at radius 2 is 0.918 bits per heavy atom. The Morgan fingerprint density at radius 1 is 0.531 bits per heavy atom. The monoisotopic (exact) mass is 691 g/mol. The van der Waals surface area contributed by atoms with Crippen LogP contribution < -0.4 is 0 Å². The molecular weight excluding hydrogens is 643 g/mol. The van der Waals surface area contributed by atoms with Crippen LogP contribution in [0, 0.1) is 39.5 Å². The summed E-state index contributed by atoms with van der Waals surface area (Å²) in [6.45, 7) is 5.86. The minimum Gasteiger partial charge on any atom is -0.510 e. The summed E-state index contributed by atoms with van der Waals surface area (Å²) >= 11 is 10.0. The van der Waals surface area contributed by atoms with Crippen molar-refractivity contribution < 1.29 is 18.6 Å². The predicted octanol–water partition coefficient (Wildman–Crippen LogP) is 10.2. The minimum atomic E-state index is -2.72. The molecule has 2 aliphatic heterocycles. The lowest BCUT2D eigenvalue weighted by Crippen LogP contribution is -2.47. The fourth-order valence-electron chi connectivity index (χ4n) is 9.62. The largest absolute Gasteiger partial charge is 0.533 e. The average Bonchev–Trinajstić information content (AvgIpc) is 3.86. The van der Waals surface area contributed by atoms with Gasteiger partial charge in [-0.15, -0.1) is 0 Å². The van der Waals surface area contributed by atoms with Crippen molar-refractivity contribution in [1.82, 2.24) is 0 Å². The molecule has 8 atom stereocenters. The highest BCUT2D eigenvalue weighted by Crippen LogP contribution is 2.66. The van der Waals surface area contributed by atoms with Gasteiger partial charge in [0.25, 0.3) is 0 Å². The van der Waals surface area contributed by atoms with Crippen molar-refractivity contribution in [3.63, 3.8) is 0 Å². The Hall–Kier alpha value is -2.52.